The Kier molecular flexibility index (Phi) is 5.69. The summed E-state index contributed by atoms with van der Waals surface area (Å²) in [7, 11) is 0. The maximum absolute atomic E-state index is 12.0. The molecule has 1 aromatic carbocycles. The highest BCUT2D eigenvalue weighted by atomic mass is 32.1. The van der Waals surface area contributed by atoms with Crippen molar-refractivity contribution in [3.05, 3.63) is 62.3 Å². The molecule has 0 radical (unpaired) electrons. The van der Waals surface area contributed by atoms with Crippen molar-refractivity contribution < 1.29 is 4.79 Å². The van der Waals surface area contributed by atoms with Gasteiger partial charge in [0.2, 0.25) is 5.91 Å². The van der Waals surface area contributed by atoms with Crippen LogP contribution in [0.4, 0.5) is 0 Å². The summed E-state index contributed by atoms with van der Waals surface area (Å²) in [5.74, 6) is -0.332. The molecule has 0 saturated carbocycles. The number of carbonyl (C=O) groups excluding carboxylic acids is 1. The van der Waals surface area contributed by atoms with Crippen molar-refractivity contribution in [2.24, 2.45) is 5.10 Å². The Bertz CT molecular complexity index is 874. The lowest BCUT2D eigenvalue weighted by Crippen LogP contribution is -2.23. The second kappa shape index (κ2) is 7.57. The Morgan fingerprint density at radius 3 is 2.40 bits per heavy atom. The van der Waals surface area contributed by atoms with Gasteiger partial charge in [0.1, 0.15) is 0 Å². The zero-order valence-corrected chi connectivity index (χ0v) is 15.6. The standard InChI is InChI=1S/C18H22N4O2S/c1-11(12-5-7-13(8-6-12)18(2,3)4)21-22-16(24)10-14-9-15(23)20-17(25)19-14/h5-9H,10H2,1-4H3,(H,22,24)(H2,19,20,23,25)/b21-11-. The highest BCUT2D eigenvalue weighted by Crippen LogP contribution is 2.22. The lowest BCUT2D eigenvalue weighted by atomic mass is 9.86. The fraction of sp³-hybridized carbons (Fsp3) is 0.333. The van der Waals surface area contributed by atoms with Crippen molar-refractivity contribution in [2.45, 2.75) is 39.5 Å². The molecule has 1 aromatic heterocycles. The summed E-state index contributed by atoms with van der Waals surface area (Å²) in [5, 5.41) is 4.12. The van der Waals surface area contributed by atoms with Crippen LogP contribution in [0.25, 0.3) is 0 Å². The first-order valence-corrected chi connectivity index (χ1v) is 8.32. The molecule has 0 aliphatic carbocycles. The van der Waals surface area contributed by atoms with E-state index in [0.29, 0.717) is 11.4 Å². The molecule has 0 bridgehead atoms. The SMILES string of the molecule is C/C(=N/NC(=O)Cc1cc(=O)[nH]c(=S)[nH]1)c1ccc(C(C)(C)C)cc1. The van der Waals surface area contributed by atoms with Gasteiger partial charge in [0.25, 0.3) is 5.56 Å². The minimum Gasteiger partial charge on any atom is -0.335 e. The van der Waals surface area contributed by atoms with E-state index in [9.17, 15) is 9.59 Å². The predicted octanol–water partition coefficient (Wildman–Crippen LogP) is 2.81. The number of rotatable bonds is 4. The van der Waals surface area contributed by atoms with Crippen LogP contribution < -0.4 is 11.0 Å². The molecule has 132 valence electrons. The smallest absolute Gasteiger partial charge is 0.251 e. The lowest BCUT2D eigenvalue weighted by Gasteiger charge is -2.19. The third-order valence-electron chi connectivity index (χ3n) is 3.68. The molecule has 1 amide bonds. The van der Waals surface area contributed by atoms with E-state index in [1.54, 1.807) is 0 Å². The molecular weight excluding hydrogens is 336 g/mol. The van der Waals surface area contributed by atoms with Crippen LogP contribution in [-0.2, 0) is 16.6 Å². The van der Waals surface area contributed by atoms with Crippen molar-refractivity contribution in [1.29, 1.82) is 0 Å². The van der Waals surface area contributed by atoms with E-state index in [1.807, 2.05) is 19.1 Å². The van der Waals surface area contributed by atoms with Gasteiger partial charge in [-0.05, 0) is 35.7 Å². The van der Waals surface area contributed by atoms with Gasteiger partial charge in [-0.3, -0.25) is 14.6 Å². The van der Waals surface area contributed by atoms with Crippen LogP contribution in [0.1, 0.15) is 44.5 Å². The molecule has 2 aromatic rings. The van der Waals surface area contributed by atoms with Gasteiger partial charge >= 0.3 is 0 Å². The number of hydrazone groups is 1. The number of aromatic nitrogens is 2. The Morgan fingerprint density at radius 1 is 1.20 bits per heavy atom. The minimum atomic E-state index is -0.342. The summed E-state index contributed by atoms with van der Waals surface area (Å²) in [6.45, 7) is 8.29. The first kappa shape index (κ1) is 18.8. The maximum Gasteiger partial charge on any atom is 0.251 e. The highest BCUT2D eigenvalue weighted by Gasteiger charge is 2.13. The zero-order valence-electron chi connectivity index (χ0n) is 14.8. The Morgan fingerprint density at radius 2 is 1.84 bits per heavy atom. The second-order valence-electron chi connectivity index (χ2n) is 6.85. The molecule has 6 nitrogen and oxygen atoms in total. The summed E-state index contributed by atoms with van der Waals surface area (Å²) in [5.41, 5.74) is 5.55. The summed E-state index contributed by atoms with van der Waals surface area (Å²) in [4.78, 5) is 28.5. The number of aromatic amines is 2. The quantitative estimate of drug-likeness (QED) is 0.446. The monoisotopic (exact) mass is 358 g/mol. The molecular formula is C18H22N4O2S. The van der Waals surface area contributed by atoms with Crippen LogP contribution in [0, 0.1) is 4.77 Å². The summed E-state index contributed by atoms with van der Waals surface area (Å²) in [6.07, 6.45) is -0.00664. The predicted molar refractivity (Wildman–Crippen MR) is 101 cm³/mol. The van der Waals surface area contributed by atoms with E-state index in [0.717, 1.165) is 5.56 Å². The fourth-order valence-corrected chi connectivity index (χ4v) is 2.48. The highest BCUT2D eigenvalue weighted by molar-refractivity contribution is 7.71. The number of hydrogen-bond donors (Lipinski definition) is 3. The van der Waals surface area contributed by atoms with Gasteiger partial charge in [0, 0.05) is 11.8 Å². The van der Waals surface area contributed by atoms with Crippen LogP contribution in [0.2, 0.25) is 0 Å². The van der Waals surface area contributed by atoms with E-state index in [1.165, 1.54) is 11.6 Å². The normalized spacial score (nSPS) is 12.1. The first-order chi connectivity index (χ1) is 11.6. The number of nitrogens with zero attached hydrogens (tertiary/aromatic N) is 1. The molecule has 0 atom stereocenters. The van der Waals surface area contributed by atoms with Crippen molar-refractivity contribution in [3.8, 4) is 0 Å². The fourth-order valence-electron chi connectivity index (χ4n) is 2.25. The molecule has 0 spiro atoms. The van der Waals surface area contributed by atoms with Crippen LogP contribution in [0.5, 0.6) is 0 Å². The zero-order chi connectivity index (χ0) is 18.6. The summed E-state index contributed by atoms with van der Waals surface area (Å²) >= 11 is 4.88. The molecule has 3 N–H and O–H groups in total. The van der Waals surface area contributed by atoms with E-state index in [4.69, 9.17) is 12.2 Å². The largest absolute Gasteiger partial charge is 0.335 e. The number of hydrogen-bond acceptors (Lipinski definition) is 4. The number of H-pyrrole nitrogens is 2. The molecule has 1 heterocycles. The van der Waals surface area contributed by atoms with E-state index >= 15 is 0 Å². The van der Waals surface area contributed by atoms with Gasteiger partial charge < -0.3 is 4.98 Å². The minimum absolute atomic E-state index is 0.00664. The molecule has 2 rings (SSSR count). The van der Waals surface area contributed by atoms with Crippen LogP contribution in [0.15, 0.2) is 40.2 Å². The number of nitrogens with one attached hydrogen (secondary N) is 3. The Labute approximate surface area is 151 Å². The first-order valence-electron chi connectivity index (χ1n) is 7.92. The summed E-state index contributed by atoms with van der Waals surface area (Å²) in [6, 6.07) is 9.40. The van der Waals surface area contributed by atoms with Crippen molar-refractivity contribution >= 4 is 23.8 Å². The average molecular weight is 358 g/mol. The molecule has 0 aliphatic heterocycles. The van der Waals surface area contributed by atoms with Crippen molar-refractivity contribution in [3.63, 3.8) is 0 Å². The molecule has 25 heavy (non-hydrogen) atoms. The van der Waals surface area contributed by atoms with Gasteiger partial charge in [-0.1, -0.05) is 45.0 Å². The van der Waals surface area contributed by atoms with Crippen LogP contribution in [-0.4, -0.2) is 21.6 Å². The number of amides is 1. The lowest BCUT2D eigenvalue weighted by molar-refractivity contribution is -0.120. The van der Waals surface area contributed by atoms with Gasteiger partial charge in [-0.25, -0.2) is 5.43 Å². The number of carbonyl (C=O) groups is 1. The molecule has 0 fully saturated rings. The van der Waals surface area contributed by atoms with Crippen LogP contribution in [0.3, 0.4) is 0 Å². The third-order valence-corrected chi connectivity index (χ3v) is 3.89. The van der Waals surface area contributed by atoms with Crippen molar-refractivity contribution in [1.82, 2.24) is 15.4 Å². The second-order valence-corrected chi connectivity index (χ2v) is 7.26. The Balaban J connectivity index is 2.03. The molecule has 0 aliphatic rings. The van der Waals surface area contributed by atoms with Gasteiger partial charge in [0.15, 0.2) is 4.77 Å². The Hall–Kier alpha value is -2.54. The maximum atomic E-state index is 12.0. The topological polar surface area (TPSA) is 90.1 Å². The van der Waals surface area contributed by atoms with Gasteiger partial charge in [-0.2, -0.15) is 5.10 Å². The van der Waals surface area contributed by atoms with Crippen LogP contribution >= 0.6 is 12.2 Å². The van der Waals surface area contributed by atoms with E-state index in [2.05, 4.69) is 53.4 Å². The molecule has 7 heteroatoms. The molecule has 0 unspecified atom stereocenters. The van der Waals surface area contributed by atoms with Crippen molar-refractivity contribution in [2.75, 3.05) is 0 Å². The third kappa shape index (κ3) is 5.49. The number of benzene rings is 1. The van der Waals surface area contributed by atoms with E-state index < -0.39 is 0 Å². The summed E-state index contributed by atoms with van der Waals surface area (Å²) < 4.78 is 0.189. The van der Waals surface area contributed by atoms with Gasteiger partial charge in [0.05, 0.1) is 12.1 Å². The van der Waals surface area contributed by atoms with Gasteiger partial charge in [-0.15, -0.1) is 0 Å². The molecule has 0 saturated heterocycles. The average Bonchev–Trinajstić information content (AvgIpc) is 2.51. The van der Waals surface area contributed by atoms with E-state index in [-0.39, 0.29) is 28.1 Å².